The lowest BCUT2D eigenvalue weighted by Gasteiger charge is -2.42. The highest BCUT2D eigenvalue weighted by Gasteiger charge is 2.36. The molecular weight excluding hydrogens is 466 g/mol. The molecule has 36 heavy (non-hydrogen) atoms. The Bertz CT molecular complexity index is 1410. The molecule has 1 saturated heterocycles. The number of halogens is 2. The van der Waals surface area contributed by atoms with Gasteiger partial charge in [-0.25, -0.2) is 18.7 Å². The van der Waals surface area contributed by atoms with E-state index in [2.05, 4.69) is 19.9 Å². The monoisotopic (exact) mass is 492 g/mol. The molecule has 1 N–H and O–H groups in total. The maximum Gasteiger partial charge on any atom is 0.254 e. The Hall–Kier alpha value is -3.92. The molecule has 0 aliphatic carbocycles. The van der Waals surface area contributed by atoms with Gasteiger partial charge in [-0.2, -0.15) is 0 Å². The highest BCUT2D eigenvalue weighted by atomic mass is 19.1. The Balaban J connectivity index is 1.63. The molecule has 3 aromatic heterocycles. The van der Waals surface area contributed by atoms with Crippen molar-refractivity contribution in [2.45, 2.75) is 32.4 Å². The number of fused-ring (bicyclic) bond motifs is 1. The number of nitrogens with zero attached hydrogens (tertiary/aromatic N) is 6. The lowest BCUT2D eigenvalue weighted by Crippen LogP contribution is -2.58. The van der Waals surface area contributed by atoms with Crippen molar-refractivity contribution in [3.63, 3.8) is 0 Å². The van der Waals surface area contributed by atoms with Gasteiger partial charge in [0, 0.05) is 55.9 Å². The van der Waals surface area contributed by atoms with Crippen LogP contribution >= 0.6 is 0 Å². The Morgan fingerprint density at radius 3 is 2.42 bits per heavy atom. The SMILES string of the molecule is CC1CN(c2ncnc3c2c(-c2ccncc2)cn3-c2cc(F)cc(F)c2)CCN1C(=O)C(C)(C)O. The fraction of sp³-hybridized carbons (Fsp3) is 0.308. The van der Waals surface area contributed by atoms with Gasteiger partial charge in [-0.3, -0.25) is 9.78 Å². The van der Waals surface area contributed by atoms with Gasteiger partial charge in [0.25, 0.3) is 5.91 Å². The second kappa shape index (κ2) is 8.94. The van der Waals surface area contributed by atoms with Crippen LogP contribution in [0, 0.1) is 11.6 Å². The van der Waals surface area contributed by atoms with Crippen molar-refractivity contribution in [2.24, 2.45) is 0 Å². The van der Waals surface area contributed by atoms with Crippen molar-refractivity contribution in [3.8, 4) is 16.8 Å². The summed E-state index contributed by atoms with van der Waals surface area (Å²) in [5.41, 5.74) is 0.988. The molecule has 8 nitrogen and oxygen atoms in total. The summed E-state index contributed by atoms with van der Waals surface area (Å²) in [5.74, 6) is -1.04. The molecule has 1 atom stereocenters. The van der Waals surface area contributed by atoms with Gasteiger partial charge in [-0.1, -0.05) is 0 Å². The number of aliphatic hydroxyl groups is 1. The van der Waals surface area contributed by atoms with Gasteiger partial charge < -0.3 is 19.5 Å². The zero-order valence-electron chi connectivity index (χ0n) is 20.2. The molecule has 1 aliphatic rings. The third kappa shape index (κ3) is 4.28. The first-order valence-corrected chi connectivity index (χ1v) is 11.6. The second-order valence-corrected chi connectivity index (χ2v) is 9.52. The molecule has 1 fully saturated rings. The molecule has 1 aliphatic heterocycles. The van der Waals surface area contributed by atoms with Crippen molar-refractivity contribution in [1.82, 2.24) is 24.4 Å². The predicted molar refractivity (Wildman–Crippen MR) is 132 cm³/mol. The minimum atomic E-state index is -1.45. The van der Waals surface area contributed by atoms with Crippen LogP contribution in [0.5, 0.6) is 0 Å². The van der Waals surface area contributed by atoms with Crippen molar-refractivity contribution in [1.29, 1.82) is 0 Å². The average molecular weight is 493 g/mol. The zero-order valence-corrected chi connectivity index (χ0v) is 20.2. The molecule has 4 heterocycles. The maximum atomic E-state index is 14.1. The molecule has 1 aromatic carbocycles. The Morgan fingerprint density at radius 2 is 1.78 bits per heavy atom. The fourth-order valence-corrected chi connectivity index (χ4v) is 4.71. The molecule has 186 valence electrons. The molecule has 10 heteroatoms. The van der Waals surface area contributed by atoms with Crippen LogP contribution < -0.4 is 4.90 Å². The fourth-order valence-electron chi connectivity index (χ4n) is 4.71. The molecule has 1 unspecified atom stereocenters. The van der Waals surface area contributed by atoms with Crippen LogP contribution in [-0.2, 0) is 4.79 Å². The zero-order chi connectivity index (χ0) is 25.6. The number of hydrogen-bond acceptors (Lipinski definition) is 6. The van der Waals surface area contributed by atoms with Gasteiger partial charge in [-0.15, -0.1) is 0 Å². The summed E-state index contributed by atoms with van der Waals surface area (Å²) in [6.45, 7) is 6.30. The second-order valence-electron chi connectivity index (χ2n) is 9.52. The maximum absolute atomic E-state index is 14.1. The number of piperazine rings is 1. The van der Waals surface area contributed by atoms with E-state index < -0.39 is 17.2 Å². The number of benzene rings is 1. The van der Waals surface area contributed by atoms with E-state index in [1.807, 2.05) is 19.1 Å². The van der Waals surface area contributed by atoms with Gasteiger partial charge in [0.1, 0.15) is 29.4 Å². The first-order valence-electron chi connectivity index (χ1n) is 11.6. The standard InChI is InChI=1S/C26H26F2N6O2/c1-16-13-32(8-9-33(16)25(35)26(2,3)36)23-22-21(17-4-6-29-7-5-17)14-34(24(22)31-15-30-23)20-11-18(27)10-19(28)12-20/h4-7,10-12,14-16,36H,8-9,13H2,1-3H3. The minimum Gasteiger partial charge on any atom is -0.381 e. The predicted octanol–water partition coefficient (Wildman–Crippen LogP) is 3.57. The van der Waals surface area contributed by atoms with Crippen LogP contribution in [0.4, 0.5) is 14.6 Å². The van der Waals surface area contributed by atoms with E-state index >= 15 is 0 Å². The lowest BCUT2D eigenvalue weighted by atomic mass is 10.0. The molecule has 0 saturated carbocycles. The third-order valence-electron chi connectivity index (χ3n) is 6.39. The Labute approximate surface area is 206 Å². The summed E-state index contributed by atoms with van der Waals surface area (Å²) < 4.78 is 29.8. The average Bonchev–Trinajstić information content (AvgIpc) is 3.23. The first kappa shape index (κ1) is 23.8. The summed E-state index contributed by atoms with van der Waals surface area (Å²) in [6.07, 6.45) is 6.57. The van der Waals surface area contributed by atoms with E-state index in [0.29, 0.717) is 36.8 Å². The number of aromatic nitrogens is 4. The van der Waals surface area contributed by atoms with Crippen LogP contribution in [0.3, 0.4) is 0 Å². The molecule has 4 aromatic rings. The topological polar surface area (TPSA) is 87.4 Å². The molecule has 0 bridgehead atoms. The van der Waals surface area contributed by atoms with E-state index in [-0.39, 0.29) is 11.9 Å². The van der Waals surface area contributed by atoms with Gasteiger partial charge >= 0.3 is 0 Å². The van der Waals surface area contributed by atoms with E-state index in [9.17, 15) is 18.7 Å². The largest absolute Gasteiger partial charge is 0.381 e. The lowest BCUT2D eigenvalue weighted by molar-refractivity contribution is -0.150. The Morgan fingerprint density at radius 1 is 1.08 bits per heavy atom. The van der Waals surface area contributed by atoms with Crippen LogP contribution in [0.25, 0.3) is 27.8 Å². The number of rotatable bonds is 4. The van der Waals surface area contributed by atoms with E-state index in [4.69, 9.17) is 0 Å². The van der Waals surface area contributed by atoms with Gasteiger partial charge in [-0.05, 0) is 50.6 Å². The number of pyridine rings is 1. The molecule has 5 rings (SSSR count). The third-order valence-corrected chi connectivity index (χ3v) is 6.39. The van der Waals surface area contributed by atoms with Crippen molar-refractivity contribution in [3.05, 3.63) is 66.9 Å². The highest BCUT2D eigenvalue weighted by Crippen LogP contribution is 2.37. The molecule has 0 spiro atoms. The molecule has 0 radical (unpaired) electrons. The van der Waals surface area contributed by atoms with Crippen LogP contribution in [0.15, 0.2) is 55.2 Å². The van der Waals surface area contributed by atoms with Crippen LogP contribution in [0.2, 0.25) is 0 Å². The van der Waals surface area contributed by atoms with Crippen molar-refractivity contribution < 1.29 is 18.7 Å². The van der Waals surface area contributed by atoms with Gasteiger partial charge in [0.2, 0.25) is 0 Å². The summed E-state index contributed by atoms with van der Waals surface area (Å²) in [5, 5.41) is 10.9. The summed E-state index contributed by atoms with van der Waals surface area (Å²) in [7, 11) is 0. The van der Waals surface area contributed by atoms with Crippen molar-refractivity contribution in [2.75, 3.05) is 24.5 Å². The quantitative estimate of drug-likeness (QED) is 0.469. The minimum absolute atomic E-state index is 0.175. The smallest absolute Gasteiger partial charge is 0.254 e. The van der Waals surface area contributed by atoms with E-state index in [1.165, 1.54) is 32.3 Å². The number of amides is 1. The Kier molecular flexibility index (Phi) is 5.91. The highest BCUT2D eigenvalue weighted by molar-refractivity contribution is 6.02. The first-order chi connectivity index (χ1) is 17.1. The van der Waals surface area contributed by atoms with Crippen molar-refractivity contribution >= 4 is 22.8 Å². The van der Waals surface area contributed by atoms with E-state index in [0.717, 1.165) is 22.6 Å². The number of anilines is 1. The normalized spacial score (nSPS) is 16.6. The van der Waals surface area contributed by atoms with Crippen LogP contribution in [0.1, 0.15) is 20.8 Å². The van der Waals surface area contributed by atoms with Gasteiger partial charge in [0.05, 0.1) is 11.1 Å². The number of hydrogen-bond donors (Lipinski definition) is 1. The van der Waals surface area contributed by atoms with E-state index in [1.54, 1.807) is 28.1 Å². The summed E-state index contributed by atoms with van der Waals surface area (Å²) >= 11 is 0. The number of carbonyl (C=O) groups is 1. The summed E-state index contributed by atoms with van der Waals surface area (Å²) in [4.78, 5) is 29.6. The van der Waals surface area contributed by atoms with Gasteiger partial charge in [0.15, 0.2) is 5.65 Å². The summed E-state index contributed by atoms with van der Waals surface area (Å²) in [6, 6.07) is 6.87. The molecule has 1 amide bonds. The van der Waals surface area contributed by atoms with Crippen LogP contribution in [-0.4, -0.2) is 66.7 Å². The molecular formula is C26H26F2N6O2. The number of carbonyl (C=O) groups excluding carboxylic acids is 1.